The Kier molecular flexibility index (Phi) is 4.65. The van der Waals surface area contributed by atoms with Gasteiger partial charge in [0.25, 0.3) is 5.91 Å². The molecule has 1 atom stereocenters. The molecule has 0 spiro atoms. The lowest BCUT2D eigenvalue weighted by atomic mass is 10.1. The molecule has 1 heterocycles. The molecule has 3 N–H and O–H groups in total. The van der Waals surface area contributed by atoms with Crippen LogP contribution in [0, 0.1) is 0 Å². The lowest BCUT2D eigenvalue weighted by Crippen LogP contribution is -2.44. The van der Waals surface area contributed by atoms with Gasteiger partial charge in [0, 0.05) is 25.6 Å². The minimum Gasteiger partial charge on any atom is -0.481 e. The Balaban J connectivity index is 2.05. The van der Waals surface area contributed by atoms with Gasteiger partial charge in [0.2, 0.25) is 5.91 Å². The molecule has 1 aromatic carbocycles. The van der Waals surface area contributed by atoms with Crippen LogP contribution in [0.2, 0.25) is 0 Å². The number of hydrogen-bond donors (Lipinski definition) is 3. The third-order valence-electron chi connectivity index (χ3n) is 3.71. The van der Waals surface area contributed by atoms with Crippen LogP contribution in [0.5, 0.6) is 0 Å². The number of anilines is 2. The molecule has 7 nitrogen and oxygen atoms in total. The highest BCUT2D eigenvalue weighted by Crippen LogP contribution is 2.31. The third-order valence-corrected chi connectivity index (χ3v) is 3.71. The summed E-state index contributed by atoms with van der Waals surface area (Å²) in [6.07, 6.45) is 0.395. The predicted molar refractivity (Wildman–Crippen MR) is 82.1 cm³/mol. The van der Waals surface area contributed by atoms with Gasteiger partial charge in [-0.2, -0.15) is 0 Å². The Labute approximate surface area is 128 Å². The van der Waals surface area contributed by atoms with Crippen molar-refractivity contribution >= 4 is 29.2 Å². The minimum atomic E-state index is -0.886. The average Bonchev–Trinajstić information content (AvgIpc) is 2.48. The maximum absolute atomic E-state index is 12.0. The summed E-state index contributed by atoms with van der Waals surface area (Å²) >= 11 is 0. The molecule has 0 bridgehead atoms. The number of nitrogens with zero attached hydrogens (tertiary/aromatic N) is 1. The van der Waals surface area contributed by atoms with Crippen LogP contribution < -0.4 is 15.5 Å². The van der Waals surface area contributed by atoms with Crippen molar-refractivity contribution in [2.75, 3.05) is 23.8 Å². The largest absolute Gasteiger partial charge is 0.481 e. The van der Waals surface area contributed by atoms with Gasteiger partial charge >= 0.3 is 5.97 Å². The van der Waals surface area contributed by atoms with E-state index in [0.29, 0.717) is 24.2 Å². The summed E-state index contributed by atoms with van der Waals surface area (Å²) in [6.45, 7) is 2.10. The zero-order valence-corrected chi connectivity index (χ0v) is 12.5. The summed E-state index contributed by atoms with van der Waals surface area (Å²) < 4.78 is 0. The summed E-state index contributed by atoms with van der Waals surface area (Å²) in [7, 11) is 1.83. The second-order valence-electron chi connectivity index (χ2n) is 5.26. The summed E-state index contributed by atoms with van der Waals surface area (Å²) in [5.74, 6) is -1.29. The van der Waals surface area contributed by atoms with Gasteiger partial charge in [0.1, 0.15) is 6.04 Å². The van der Waals surface area contributed by atoms with E-state index in [1.54, 1.807) is 25.1 Å². The highest BCUT2D eigenvalue weighted by molar-refractivity contribution is 6.05. The van der Waals surface area contributed by atoms with Gasteiger partial charge in [-0.15, -0.1) is 0 Å². The monoisotopic (exact) mass is 305 g/mol. The van der Waals surface area contributed by atoms with E-state index in [1.807, 2.05) is 11.9 Å². The van der Waals surface area contributed by atoms with E-state index in [4.69, 9.17) is 5.11 Å². The molecule has 1 aliphatic rings. The Morgan fingerprint density at radius 1 is 1.41 bits per heavy atom. The van der Waals surface area contributed by atoms with Crippen molar-refractivity contribution in [2.24, 2.45) is 0 Å². The average molecular weight is 305 g/mol. The minimum absolute atomic E-state index is 0.0171. The number of likely N-dealkylation sites (N-methyl/N-ethyl adjacent to an activating group) is 1. The Bertz CT molecular complexity index is 615. The number of carbonyl (C=O) groups is 3. The van der Waals surface area contributed by atoms with Crippen molar-refractivity contribution in [3.05, 3.63) is 23.8 Å². The van der Waals surface area contributed by atoms with Crippen LogP contribution in [0.15, 0.2) is 18.2 Å². The second-order valence-corrected chi connectivity index (χ2v) is 5.26. The van der Waals surface area contributed by atoms with Crippen LogP contribution in [-0.4, -0.2) is 42.5 Å². The normalized spacial score (nSPS) is 16.7. The van der Waals surface area contributed by atoms with Crippen LogP contribution in [0.1, 0.15) is 30.1 Å². The molecule has 0 saturated heterocycles. The Hall–Kier alpha value is -2.57. The molecule has 1 aromatic rings. The summed E-state index contributed by atoms with van der Waals surface area (Å²) in [4.78, 5) is 36.1. The molecule has 0 fully saturated rings. The number of nitrogens with one attached hydrogen (secondary N) is 2. The molecule has 22 heavy (non-hydrogen) atoms. The van der Waals surface area contributed by atoms with E-state index in [-0.39, 0.29) is 24.3 Å². The van der Waals surface area contributed by atoms with Gasteiger partial charge in [-0.3, -0.25) is 14.4 Å². The topological polar surface area (TPSA) is 98.7 Å². The molecule has 0 aliphatic carbocycles. The number of carboxylic acids is 1. The van der Waals surface area contributed by atoms with E-state index in [0.717, 1.165) is 5.69 Å². The maximum atomic E-state index is 12.0. The first kappa shape index (κ1) is 15.8. The summed E-state index contributed by atoms with van der Waals surface area (Å²) in [5.41, 5.74) is 1.88. The van der Waals surface area contributed by atoms with E-state index < -0.39 is 5.97 Å². The van der Waals surface area contributed by atoms with Crippen LogP contribution >= 0.6 is 0 Å². The first-order valence-corrected chi connectivity index (χ1v) is 7.08. The molecule has 2 rings (SSSR count). The van der Waals surface area contributed by atoms with Crippen LogP contribution in [0.3, 0.4) is 0 Å². The lowest BCUT2D eigenvalue weighted by molar-refractivity contribution is -0.137. The zero-order chi connectivity index (χ0) is 16.3. The third kappa shape index (κ3) is 3.36. The summed E-state index contributed by atoms with van der Waals surface area (Å²) in [6, 6.07) is 4.84. The van der Waals surface area contributed by atoms with Gasteiger partial charge in [-0.25, -0.2) is 0 Å². The smallest absolute Gasteiger partial charge is 0.303 e. The van der Waals surface area contributed by atoms with Gasteiger partial charge in [-0.1, -0.05) is 0 Å². The van der Waals surface area contributed by atoms with E-state index in [1.165, 1.54) is 0 Å². The van der Waals surface area contributed by atoms with Crippen molar-refractivity contribution in [3.63, 3.8) is 0 Å². The fraction of sp³-hybridized carbons (Fsp3) is 0.400. The molecule has 0 radical (unpaired) electrons. The highest BCUT2D eigenvalue weighted by Gasteiger charge is 2.27. The van der Waals surface area contributed by atoms with Crippen LogP contribution in [0.4, 0.5) is 11.4 Å². The van der Waals surface area contributed by atoms with E-state index in [9.17, 15) is 14.4 Å². The quantitative estimate of drug-likeness (QED) is 0.706. The molecule has 1 aliphatic heterocycles. The van der Waals surface area contributed by atoms with Gasteiger partial charge < -0.3 is 20.6 Å². The number of hydrogen-bond acceptors (Lipinski definition) is 4. The van der Waals surface area contributed by atoms with Crippen LogP contribution in [-0.2, 0) is 9.59 Å². The first-order chi connectivity index (χ1) is 10.4. The molecular weight excluding hydrogens is 286 g/mol. The number of benzene rings is 1. The predicted octanol–water partition coefficient (Wildman–Crippen LogP) is 1.06. The SMILES string of the molecule is CC1C(=O)Nc2cc(C(=O)NCCCC(=O)O)ccc2N1C. The molecule has 0 saturated carbocycles. The first-order valence-electron chi connectivity index (χ1n) is 7.08. The van der Waals surface area contributed by atoms with Gasteiger partial charge in [0.05, 0.1) is 11.4 Å². The molecule has 1 unspecified atom stereocenters. The number of amides is 2. The van der Waals surface area contributed by atoms with Crippen molar-refractivity contribution in [3.8, 4) is 0 Å². The number of carboxylic acid groups (broad SMARTS) is 1. The fourth-order valence-corrected chi connectivity index (χ4v) is 2.25. The molecule has 2 amide bonds. The van der Waals surface area contributed by atoms with E-state index in [2.05, 4.69) is 10.6 Å². The molecular formula is C15H19N3O4. The van der Waals surface area contributed by atoms with Gasteiger partial charge in [0.15, 0.2) is 0 Å². The summed E-state index contributed by atoms with van der Waals surface area (Å²) in [5, 5.41) is 14.0. The fourth-order valence-electron chi connectivity index (χ4n) is 2.25. The standard InChI is InChI=1S/C15H19N3O4/c1-9-14(21)17-11-8-10(5-6-12(11)18(9)2)15(22)16-7-3-4-13(19)20/h5-6,8-9H,3-4,7H2,1-2H3,(H,16,22)(H,17,21)(H,19,20). The maximum Gasteiger partial charge on any atom is 0.303 e. The Morgan fingerprint density at radius 3 is 2.82 bits per heavy atom. The van der Waals surface area contributed by atoms with Crippen molar-refractivity contribution < 1.29 is 19.5 Å². The van der Waals surface area contributed by atoms with Crippen LogP contribution in [0.25, 0.3) is 0 Å². The van der Waals surface area contributed by atoms with Crippen molar-refractivity contribution in [1.29, 1.82) is 0 Å². The Morgan fingerprint density at radius 2 is 2.14 bits per heavy atom. The molecule has 7 heteroatoms. The number of fused-ring (bicyclic) bond motifs is 1. The molecule has 118 valence electrons. The second kappa shape index (κ2) is 6.46. The van der Waals surface area contributed by atoms with Crippen molar-refractivity contribution in [1.82, 2.24) is 5.32 Å². The number of rotatable bonds is 5. The number of aliphatic carboxylic acids is 1. The van der Waals surface area contributed by atoms with Crippen molar-refractivity contribution in [2.45, 2.75) is 25.8 Å². The van der Waals surface area contributed by atoms with E-state index >= 15 is 0 Å². The van der Waals surface area contributed by atoms with Gasteiger partial charge in [-0.05, 0) is 31.5 Å². The highest BCUT2D eigenvalue weighted by atomic mass is 16.4. The lowest BCUT2D eigenvalue weighted by Gasteiger charge is -2.33. The molecule has 0 aromatic heterocycles. The number of carbonyl (C=O) groups excluding carboxylic acids is 2. The zero-order valence-electron chi connectivity index (χ0n) is 12.5.